The Bertz CT molecular complexity index is 776. The predicted octanol–water partition coefficient (Wildman–Crippen LogP) is 3.53. The number of fused-ring (bicyclic) bond motifs is 1. The van der Waals surface area contributed by atoms with Crippen molar-refractivity contribution in [2.75, 3.05) is 0 Å². The van der Waals surface area contributed by atoms with Gasteiger partial charge in [0, 0.05) is 10.1 Å². The molecule has 0 aliphatic heterocycles. The molecule has 3 N–H and O–H groups in total. The first kappa shape index (κ1) is 13.1. The summed E-state index contributed by atoms with van der Waals surface area (Å²) in [6.07, 6.45) is 0. The summed E-state index contributed by atoms with van der Waals surface area (Å²) in [6.45, 7) is 2.45. The second-order valence-electron chi connectivity index (χ2n) is 4.37. The lowest BCUT2D eigenvalue weighted by Gasteiger charge is -2.03. The summed E-state index contributed by atoms with van der Waals surface area (Å²) >= 11 is 3.12. The number of thiazole rings is 1. The van der Waals surface area contributed by atoms with Gasteiger partial charge in [-0.3, -0.25) is 5.41 Å². The minimum Gasteiger partial charge on any atom is -0.487 e. The predicted molar refractivity (Wildman–Crippen MR) is 84.0 cm³/mol. The van der Waals surface area contributed by atoms with Gasteiger partial charge in [-0.25, -0.2) is 4.98 Å². The van der Waals surface area contributed by atoms with Gasteiger partial charge in [-0.1, -0.05) is 0 Å². The molecule has 0 bridgehead atoms. The Morgan fingerprint density at radius 2 is 2.25 bits per heavy atom. The number of nitrogen functional groups attached to an aromatic ring is 1. The lowest BCUT2D eigenvalue weighted by atomic mass is 10.2. The van der Waals surface area contributed by atoms with Crippen molar-refractivity contribution in [3.8, 4) is 5.75 Å². The maximum atomic E-state index is 7.47. The fourth-order valence-electron chi connectivity index (χ4n) is 1.87. The van der Waals surface area contributed by atoms with Crippen LogP contribution in [0.1, 0.15) is 15.6 Å². The lowest BCUT2D eigenvalue weighted by Crippen LogP contribution is -2.08. The molecular formula is C14H13N3OS2. The van der Waals surface area contributed by atoms with Crippen molar-refractivity contribution >= 4 is 38.6 Å². The quantitative estimate of drug-likeness (QED) is 0.572. The van der Waals surface area contributed by atoms with E-state index in [1.165, 1.54) is 11.3 Å². The van der Waals surface area contributed by atoms with E-state index in [9.17, 15) is 0 Å². The molecule has 0 spiro atoms. The Morgan fingerprint density at radius 3 is 2.95 bits per heavy atom. The van der Waals surface area contributed by atoms with Crippen LogP contribution in [0.3, 0.4) is 0 Å². The number of rotatable bonds is 4. The first-order chi connectivity index (χ1) is 9.61. The molecule has 0 amide bonds. The number of ether oxygens (including phenoxy) is 1. The van der Waals surface area contributed by atoms with E-state index >= 15 is 0 Å². The van der Waals surface area contributed by atoms with Gasteiger partial charge in [0.2, 0.25) is 0 Å². The number of amidine groups is 1. The molecule has 6 heteroatoms. The second kappa shape index (κ2) is 5.22. The zero-order valence-corrected chi connectivity index (χ0v) is 12.5. The summed E-state index contributed by atoms with van der Waals surface area (Å²) < 4.78 is 6.82. The van der Waals surface area contributed by atoms with Gasteiger partial charge in [0.05, 0.1) is 15.6 Å². The van der Waals surface area contributed by atoms with Crippen molar-refractivity contribution in [3.05, 3.63) is 45.2 Å². The fraction of sp³-hybridized carbons (Fsp3) is 0.143. The summed E-state index contributed by atoms with van der Waals surface area (Å²) in [5, 5.41) is 11.6. The summed E-state index contributed by atoms with van der Waals surface area (Å²) in [6, 6.07) is 7.82. The monoisotopic (exact) mass is 303 g/mol. The minimum atomic E-state index is 0.103. The average molecular weight is 303 g/mol. The van der Waals surface area contributed by atoms with E-state index in [1.807, 2.05) is 36.6 Å². The third kappa shape index (κ3) is 2.66. The number of hydrogen-bond donors (Lipinski definition) is 2. The molecule has 0 radical (unpaired) electrons. The van der Waals surface area contributed by atoms with E-state index in [4.69, 9.17) is 15.9 Å². The molecule has 4 nitrogen and oxygen atoms in total. The molecule has 0 unspecified atom stereocenters. The highest BCUT2D eigenvalue weighted by atomic mass is 32.1. The molecule has 2 aromatic heterocycles. The lowest BCUT2D eigenvalue weighted by molar-refractivity contribution is 0.302. The van der Waals surface area contributed by atoms with Crippen molar-refractivity contribution in [1.29, 1.82) is 5.41 Å². The van der Waals surface area contributed by atoms with Crippen LogP contribution in [0, 0.1) is 12.3 Å². The molecule has 0 atom stereocenters. The molecule has 0 fully saturated rings. The first-order valence-corrected chi connectivity index (χ1v) is 7.73. The topological polar surface area (TPSA) is 72.0 Å². The standard InChI is InChI=1S/C14H13N3OS2/c1-8-17-10(7-19-8)6-18-11-3-2-9-4-13(14(15)16)20-12(9)5-11/h2-5,7H,6H2,1H3,(H3,15,16). The summed E-state index contributed by atoms with van der Waals surface area (Å²) in [5.74, 6) is 0.909. The van der Waals surface area contributed by atoms with Crippen LogP contribution < -0.4 is 10.5 Å². The smallest absolute Gasteiger partial charge is 0.133 e. The Labute approximate surface area is 124 Å². The summed E-state index contributed by atoms with van der Waals surface area (Å²) in [5.41, 5.74) is 6.46. The fourth-order valence-corrected chi connectivity index (χ4v) is 3.42. The van der Waals surface area contributed by atoms with Gasteiger partial charge < -0.3 is 10.5 Å². The van der Waals surface area contributed by atoms with Gasteiger partial charge >= 0.3 is 0 Å². The van der Waals surface area contributed by atoms with Crippen molar-refractivity contribution in [2.24, 2.45) is 5.73 Å². The van der Waals surface area contributed by atoms with E-state index in [0.29, 0.717) is 6.61 Å². The van der Waals surface area contributed by atoms with Gasteiger partial charge in [0.15, 0.2) is 0 Å². The van der Waals surface area contributed by atoms with E-state index in [2.05, 4.69) is 4.98 Å². The van der Waals surface area contributed by atoms with Gasteiger partial charge in [-0.2, -0.15) is 0 Å². The minimum absolute atomic E-state index is 0.103. The van der Waals surface area contributed by atoms with Crippen LogP contribution >= 0.6 is 22.7 Å². The molecule has 3 rings (SSSR count). The van der Waals surface area contributed by atoms with Crippen LogP contribution in [-0.4, -0.2) is 10.8 Å². The number of nitrogens with two attached hydrogens (primary N) is 1. The van der Waals surface area contributed by atoms with Crippen molar-refractivity contribution in [1.82, 2.24) is 4.98 Å². The Kier molecular flexibility index (Phi) is 3.42. The summed E-state index contributed by atoms with van der Waals surface area (Å²) in [4.78, 5) is 5.15. The van der Waals surface area contributed by atoms with Crippen molar-refractivity contribution in [2.45, 2.75) is 13.5 Å². The number of hydrogen-bond acceptors (Lipinski definition) is 5. The molecule has 3 aromatic rings. The molecule has 20 heavy (non-hydrogen) atoms. The average Bonchev–Trinajstić information content (AvgIpc) is 3.01. The van der Waals surface area contributed by atoms with E-state index in [0.717, 1.165) is 31.4 Å². The first-order valence-electron chi connectivity index (χ1n) is 6.03. The van der Waals surface area contributed by atoms with E-state index in [1.54, 1.807) is 11.3 Å². The van der Waals surface area contributed by atoms with Gasteiger partial charge in [-0.15, -0.1) is 22.7 Å². The Hall–Kier alpha value is -1.92. The third-order valence-electron chi connectivity index (χ3n) is 2.81. The maximum absolute atomic E-state index is 7.47. The second-order valence-corrected chi connectivity index (χ2v) is 6.52. The molecule has 0 aliphatic rings. The van der Waals surface area contributed by atoms with E-state index < -0.39 is 0 Å². The number of thiophene rings is 1. The number of nitrogens with one attached hydrogen (secondary N) is 1. The van der Waals surface area contributed by atoms with Crippen molar-refractivity contribution in [3.63, 3.8) is 0 Å². The zero-order chi connectivity index (χ0) is 14.1. The largest absolute Gasteiger partial charge is 0.487 e. The van der Waals surface area contributed by atoms with Gasteiger partial charge in [0.1, 0.15) is 18.2 Å². The molecular weight excluding hydrogens is 290 g/mol. The molecule has 0 saturated heterocycles. The summed E-state index contributed by atoms with van der Waals surface area (Å²) in [7, 11) is 0. The van der Waals surface area contributed by atoms with Crippen LogP contribution in [-0.2, 0) is 6.61 Å². The Balaban J connectivity index is 1.80. The highest BCUT2D eigenvalue weighted by Gasteiger charge is 2.06. The molecule has 2 heterocycles. The number of aryl methyl sites for hydroxylation is 1. The van der Waals surface area contributed by atoms with Crippen LogP contribution in [0.25, 0.3) is 10.1 Å². The normalized spacial score (nSPS) is 10.8. The Morgan fingerprint density at radius 1 is 1.40 bits per heavy atom. The van der Waals surface area contributed by atoms with E-state index in [-0.39, 0.29) is 5.84 Å². The highest BCUT2D eigenvalue weighted by molar-refractivity contribution is 7.20. The number of benzene rings is 1. The molecule has 0 saturated carbocycles. The highest BCUT2D eigenvalue weighted by Crippen LogP contribution is 2.29. The zero-order valence-electron chi connectivity index (χ0n) is 10.8. The third-order valence-corrected chi connectivity index (χ3v) is 4.76. The SMILES string of the molecule is Cc1nc(COc2ccc3cc(C(=N)N)sc3c2)cs1. The van der Waals surface area contributed by atoms with Gasteiger partial charge in [-0.05, 0) is 36.6 Å². The number of aromatic nitrogens is 1. The van der Waals surface area contributed by atoms with Crippen molar-refractivity contribution < 1.29 is 4.74 Å². The maximum Gasteiger partial charge on any atom is 0.133 e. The van der Waals surface area contributed by atoms with Crippen LogP contribution in [0.15, 0.2) is 29.6 Å². The van der Waals surface area contributed by atoms with Gasteiger partial charge in [0.25, 0.3) is 0 Å². The molecule has 0 aliphatic carbocycles. The van der Waals surface area contributed by atoms with Crippen LogP contribution in [0.5, 0.6) is 5.75 Å². The van der Waals surface area contributed by atoms with Crippen LogP contribution in [0.2, 0.25) is 0 Å². The molecule has 102 valence electrons. The molecule has 1 aromatic carbocycles. The number of nitrogens with zero attached hydrogens (tertiary/aromatic N) is 1. The van der Waals surface area contributed by atoms with Crippen LogP contribution in [0.4, 0.5) is 0 Å².